The molecule has 33 heavy (non-hydrogen) atoms. The van der Waals surface area contributed by atoms with E-state index in [1.165, 1.54) is 19.2 Å². The summed E-state index contributed by atoms with van der Waals surface area (Å²) >= 11 is 0. The van der Waals surface area contributed by atoms with Crippen LogP contribution in [0.4, 0.5) is 0 Å². The molecule has 9 nitrogen and oxygen atoms in total. The van der Waals surface area contributed by atoms with Gasteiger partial charge in [-0.2, -0.15) is 0 Å². The van der Waals surface area contributed by atoms with E-state index in [4.69, 9.17) is 24.7 Å². The van der Waals surface area contributed by atoms with Crippen molar-refractivity contribution in [2.45, 2.75) is 72.3 Å². The zero-order valence-electron chi connectivity index (χ0n) is 20.3. The molecule has 0 aliphatic carbocycles. The van der Waals surface area contributed by atoms with Crippen molar-refractivity contribution < 1.29 is 38.1 Å². The molecule has 0 amide bonds. The fraction of sp³-hybridized carbons (Fsp3) is 0.583. The average Bonchev–Trinajstić information content (AvgIpc) is 2.79. The summed E-state index contributed by atoms with van der Waals surface area (Å²) in [4.78, 5) is 48.3. The lowest BCUT2D eigenvalue weighted by atomic mass is 9.88. The van der Waals surface area contributed by atoms with Crippen LogP contribution >= 0.6 is 0 Å². The fourth-order valence-electron chi connectivity index (χ4n) is 2.71. The molecule has 1 rings (SSSR count). The van der Waals surface area contributed by atoms with Crippen molar-refractivity contribution in [1.29, 1.82) is 0 Å². The van der Waals surface area contributed by atoms with E-state index in [1.807, 2.05) is 6.92 Å². The summed E-state index contributed by atoms with van der Waals surface area (Å²) in [5.74, 6) is -1.93. The number of benzene rings is 1. The molecule has 0 aromatic heterocycles. The van der Waals surface area contributed by atoms with Gasteiger partial charge < -0.3 is 24.7 Å². The third-order valence-corrected chi connectivity index (χ3v) is 5.36. The van der Waals surface area contributed by atoms with Gasteiger partial charge in [0.1, 0.15) is 5.54 Å². The number of carbonyl (C=O) groups is 4. The summed E-state index contributed by atoms with van der Waals surface area (Å²) in [6, 6.07) is 4.57. The Morgan fingerprint density at radius 3 is 2.00 bits per heavy atom. The van der Waals surface area contributed by atoms with Gasteiger partial charge in [-0.05, 0) is 38.0 Å². The first kappa shape index (κ1) is 28.1. The summed E-state index contributed by atoms with van der Waals surface area (Å²) in [6.45, 7) is 8.63. The standard InChI is InChI=1S/C24H35NO8/c1-7-19(26)32-17-11-10-16(14-18(17)33-20(27)8-2)15-24(25,22(29)30-6)12-13-31-21(28)23(4,5)9-3/h10-11,14H,7-9,12-13,15,25H2,1-6H3/t24-/m1/s1. The first-order chi connectivity index (χ1) is 15.4. The van der Waals surface area contributed by atoms with Gasteiger partial charge in [0.15, 0.2) is 11.5 Å². The number of ether oxygens (including phenoxy) is 4. The Hall–Kier alpha value is -2.94. The van der Waals surface area contributed by atoms with Crippen LogP contribution in [0.1, 0.15) is 65.9 Å². The van der Waals surface area contributed by atoms with Crippen molar-refractivity contribution in [3.8, 4) is 11.5 Å². The molecule has 1 atom stereocenters. The zero-order valence-corrected chi connectivity index (χ0v) is 20.3. The van der Waals surface area contributed by atoms with Gasteiger partial charge in [-0.3, -0.25) is 19.2 Å². The predicted octanol–water partition coefficient (Wildman–Crippen LogP) is 3.10. The lowest BCUT2D eigenvalue weighted by Crippen LogP contribution is -2.51. The van der Waals surface area contributed by atoms with Crippen LogP contribution in [0.5, 0.6) is 11.5 Å². The van der Waals surface area contributed by atoms with E-state index < -0.39 is 28.9 Å². The number of nitrogens with two attached hydrogens (primary N) is 1. The van der Waals surface area contributed by atoms with Crippen molar-refractivity contribution in [2.24, 2.45) is 11.1 Å². The van der Waals surface area contributed by atoms with Gasteiger partial charge >= 0.3 is 23.9 Å². The molecule has 0 radical (unpaired) electrons. The monoisotopic (exact) mass is 465 g/mol. The molecule has 0 heterocycles. The van der Waals surface area contributed by atoms with E-state index in [-0.39, 0.29) is 49.8 Å². The highest BCUT2D eigenvalue weighted by Gasteiger charge is 2.37. The largest absolute Gasteiger partial charge is 0.468 e. The minimum absolute atomic E-state index is 0.00702. The summed E-state index contributed by atoms with van der Waals surface area (Å²) in [7, 11) is 1.22. The molecular weight excluding hydrogens is 430 g/mol. The lowest BCUT2D eigenvalue weighted by molar-refractivity contribution is -0.157. The summed E-state index contributed by atoms with van der Waals surface area (Å²) in [5.41, 5.74) is 4.76. The van der Waals surface area contributed by atoms with E-state index in [1.54, 1.807) is 33.8 Å². The van der Waals surface area contributed by atoms with Gasteiger partial charge in [0, 0.05) is 25.7 Å². The van der Waals surface area contributed by atoms with Crippen molar-refractivity contribution in [2.75, 3.05) is 13.7 Å². The molecule has 0 saturated heterocycles. The quantitative estimate of drug-likeness (QED) is 0.365. The second-order valence-electron chi connectivity index (χ2n) is 8.38. The first-order valence-corrected chi connectivity index (χ1v) is 11.0. The van der Waals surface area contributed by atoms with Crippen molar-refractivity contribution in [1.82, 2.24) is 0 Å². The molecule has 1 aromatic carbocycles. The smallest absolute Gasteiger partial charge is 0.326 e. The molecule has 0 saturated carbocycles. The lowest BCUT2D eigenvalue weighted by Gasteiger charge is -2.28. The molecule has 0 fully saturated rings. The van der Waals surface area contributed by atoms with E-state index in [0.29, 0.717) is 12.0 Å². The highest BCUT2D eigenvalue weighted by molar-refractivity contribution is 5.81. The van der Waals surface area contributed by atoms with E-state index in [9.17, 15) is 19.2 Å². The topological polar surface area (TPSA) is 131 Å². The summed E-state index contributed by atoms with van der Waals surface area (Å²) in [6.07, 6.45) is 0.887. The molecule has 1 aromatic rings. The van der Waals surface area contributed by atoms with Crippen LogP contribution in [0.15, 0.2) is 18.2 Å². The van der Waals surface area contributed by atoms with Crippen LogP contribution in [-0.4, -0.2) is 43.1 Å². The minimum atomic E-state index is -1.50. The van der Waals surface area contributed by atoms with Gasteiger partial charge in [0.2, 0.25) is 0 Å². The number of rotatable bonds is 12. The molecule has 0 bridgehead atoms. The van der Waals surface area contributed by atoms with Crippen molar-refractivity contribution in [3.63, 3.8) is 0 Å². The maximum absolute atomic E-state index is 12.5. The minimum Gasteiger partial charge on any atom is -0.468 e. The first-order valence-electron chi connectivity index (χ1n) is 11.0. The summed E-state index contributed by atoms with van der Waals surface area (Å²) in [5, 5.41) is 0. The van der Waals surface area contributed by atoms with E-state index in [2.05, 4.69) is 0 Å². The van der Waals surface area contributed by atoms with Gasteiger partial charge in [0.05, 0.1) is 19.1 Å². The molecule has 9 heteroatoms. The van der Waals surface area contributed by atoms with Crippen LogP contribution in [0.2, 0.25) is 0 Å². The Balaban J connectivity index is 3.12. The van der Waals surface area contributed by atoms with Crippen LogP contribution in [0.3, 0.4) is 0 Å². The number of esters is 4. The van der Waals surface area contributed by atoms with E-state index >= 15 is 0 Å². The Morgan fingerprint density at radius 1 is 0.909 bits per heavy atom. The second-order valence-corrected chi connectivity index (χ2v) is 8.38. The molecule has 0 aliphatic rings. The predicted molar refractivity (Wildman–Crippen MR) is 121 cm³/mol. The van der Waals surface area contributed by atoms with Gasteiger partial charge in [-0.1, -0.05) is 26.8 Å². The number of carbonyl (C=O) groups excluding carboxylic acids is 4. The van der Waals surface area contributed by atoms with Crippen LogP contribution in [-0.2, 0) is 35.1 Å². The van der Waals surface area contributed by atoms with Gasteiger partial charge in [-0.25, -0.2) is 0 Å². The maximum Gasteiger partial charge on any atom is 0.326 e. The van der Waals surface area contributed by atoms with Crippen molar-refractivity contribution >= 4 is 23.9 Å². The molecule has 0 aliphatic heterocycles. The number of hydrogen-bond donors (Lipinski definition) is 1. The molecule has 2 N–H and O–H groups in total. The van der Waals surface area contributed by atoms with Crippen LogP contribution in [0.25, 0.3) is 0 Å². The molecular formula is C24H35NO8. The Kier molecular flexibility index (Phi) is 10.5. The fourth-order valence-corrected chi connectivity index (χ4v) is 2.71. The van der Waals surface area contributed by atoms with Crippen LogP contribution in [0, 0.1) is 5.41 Å². The Labute approximate surface area is 194 Å². The molecule has 184 valence electrons. The highest BCUT2D eigenvalue weighted by Crippen LogP contribution is 2.31. The SMILES string of the molecule is CCC(=O)Oc1ccc(C[C@](N)(CCOC(=O)C(C)(C)CC)C(=O)OC)cc1OC(=O)CC. The van der Waals surface area contributed by atoms with Gasteiger partial charge in [0.25, 0.3) is 0 Å². The zero-order chi connectivity index (χ0) is 25.2. The third-order valence-electron chi connectivity index (χ3n) is 5.36. The van der Waals surface area contributed by atoms with Gasteiger partial charge in [-0.15, -0.1) is 0 Å². The van der Waals surface area contributed by atoms with E-state index in [0.717, 1.165) is 0 Å². The average molecular weight is 466 g/mol. The second kappa shape index (κ2) is 12.3. The highest BCUT2D eigenvalue weighted by atomic mass is 16.6. The normalized spacial score (nSPS) is 12.9. The maximum atomic E-state index is 12.5. The Bertz CT molecular complexity index is 864. The number of methoxy groups -OCH3 is 1. The van der Waals surface area contributed by atoms with Crippen LogP contribution < -0.4 is 15.2 Å². The Morgan fingerprint density at radius 2 is 1.48 bits per heavy atom. The summed E-state index contributed by atoms with van der Waals surface area (Å²) < 4.78 is 20.7. The number of hydrogen-bond acceptors (Lipinski definition) is 9. The van der Waals surface area contributed by atoms with Crippen molar-refractivity contribution in [3.05, 3.63) is 23.8 Å². The third kappa shape index (κ3) is 8.16. The molecule has 0 spiro atoms. The molecule has 0 unspecified atom stereocenters.